The highest BCUT2D eigenvalue weighted by molar-refractivity contribution is 6.30. The summed E-state index contributed by atoms with van der Waals surface area (Å²) in [7, 11) is 0. The SMILES string of the molecule is CC(C)Oc1ccc(C2=NCc3ccc(-c4ccn([C@H](CO)c5ccc(Cl)c(F)c5)c(=O)c4)cc32)cn1. The highest BCUT2D eigenvalue weighted by Gasteiger charge is 2.20. The number of aromatic nitrogens is 2. The Bertz CT molecular complexity index is 1550. The fraction of sp³-hybridized carbons (Fsp3) is 0.207. The molecule has 1 aliphatic rings. The molecular formula is C29H25ClFN3O3. The van der Waals surface area contributed by atoms with Gasteiger partial charge in [0.05, 0.1) is 36.0 Å². The Balaban J connectivity index is 1.44. The van der Waals surface area contributed by atoms with Crippen LogP contribution in [0.15, 0.2) is 82.8 Å². The van der Waals surface area contributed by atoms with Crippen LogP contribution < -0.4 is 10.3 Å². The van der Waals surface area contributed by atoms with Gasteiger partial charge in [-0.2, -0.15) is 0 Å². The number of nitrogens with zero attached hydrogens (tertiary/aromatic N) is 3. The predicted octanol–water partition coefficient (Wildman–Crippen LogP) is 5.42. The zero-order valence-electron chi connectivity index (χ0n) is 20.4. The van der Waals surface area contributed by atoms with Crippen LogP contribution in [0.5, 0.6) is 5.88 Å². The van der Waals surface area contributed by atoms with E-state index < -0.39 is 11.9 Å². The van der Waals surface area contributed by atoms with Crippen molar-refractivity contribution in [1.82, 2.24) is 9.55 Å². The molecule has 1 aliphatic heterocycles. The zero-order chi connectivity index (χ0) is 26.1. The first-order valence-electron chi connectivity index (χ1n) is 11.9. The number of hydrogen-bond acceptors (Lipinski definition) is 5. The maximum Gasteiger partial charge on any atom is 0.251 e. The third kappa shape index (κ3) is 5.05. The molecule has 0 saturated carbocycles. The third-order valence-corrected chi connectivity index (χ3v) is 6.56. The molecule has 37 heavy (non-hydrogen) atoms. The second-order valence-electron chi connectivity index (χ2n) is 9.12. The number of fused-ring (bicyclic) bond motifs is 1. The van der Waals surface area contributed by atoms with Crippen LogP contribution >= 0.6 is 11.6 Å². The lowest BCUT2D eigenvalue weighted by Crippen LogP contribution is -2.26. The lowest BCUT2D eigenvalue weighted by Gasteiger charge is -2.19. The quantitative estimate of drug-likeness (QED) is 0.355. The predicted molar refractivity (Wildman–Crippen MR) is 142 cm³/mol. The summed E-state index contributed by atoms with van der Waals surface area (Å²) in [6.45, 7) is 4.11. The van der Waals surface area contributed by atoms with Crippen molar-refractivity contribution < 1.29 is 14.2 Å². The zero-order valence-corrected chi connectivity index (χ0v) is 21.1. The number of pyridine rings is 2. The molecule has 4 aromatic rings. The molecular weight excluding hydrogens is 493 g/mol. The Kier molecular flexibility index (Phi) is 6.91. The summed E-state index contributed by atoms with van der Waals surface area (Å²) in [5, 5.41) is 9.95. The van der Waals surface area contributed by atoms with Gasteiger partial charge in [0, 0.05) is 35.7 Å². The van der Waals surface area contributed by atoms with Crippen LogP contribution in [0, 0.1) is 5.82 Å². The maximum atomic E-state index is 14.0. The van der Waals surface area contributed by atoms with Gasteiger partial charge in [-0.3, -0.25) is 9.79 Å². The fourth-order valence-corrected chi connectivity index (χ4v) is 4.56. The summed E-state index contributed by atoms with van der Waals surface area (Å²) in [6.07, 6.45) is 3.42. The summed E-state index contributed by atoms with van der Waals surface area (Å²) in [5.74, 6) is -0.0374. The van der Waals surface area contributed by atoms with Crippen molar-refractivity contribution in [2.45, 2.75) is 32.5 Å². The van der Waals surface area contributed by atoms with Crippen LogP contribution in [0.4, 0.5) is 4.39 Å². The summed E-state index contributed by atoms with van der Waals surface area (Å²) >= 11 is 5.79. The van der Waals surface area contributed by atoms with Crippen LogP contribution in [-0.2, 0) is 6.54 Å². The van der Waals surface area contributed by atoms with Gasteiger partial charge in [-0.1, -0.05) is 29.8 Å². The van der Waals surface area contributed by atoms with Gasteiger partial charge in [0.2, 0.25) is 5.88 Å². The molecule has 0 amide bonds. The van der Waals surface area contributed by atoms with Gasteiger partial charge in [0.1, 0.15) is 5.82 Å². The lowest BCUT2D eigenvalue weighted by molar-refractivity contribution is 0.232. The van der Waals surface area contributed by atoms with Gasteiger partial charge < -0.3 is 14.4 Å². The molecule has 0 aliphatic carbocycles. The van der Waals surface area contributed by atoms with Crippen molar-refractivity contribution in [3.63, 3.8) is 0 Å². The highest BCUT2D eigenvalue weighted by Crippen LogP contribution is 2.29. The molecule has 0 radical (unpaired) electrons. The molecule has 0 saturated heterocycles. The summed E-state index contributed by atoms with van der Waals surface area (Å²) < 4.78 is 21.0. The molecule has 0 bridgehead atoms. The van der Waals surface area contributed by atoms with E-state index in [4.69, 9.17) is 21.3 Å². The number of hydrogen-bond donors (Lipinski definition) is 1. The molecule has 2 aromatic carbocycles. The Morgan fingerprint density at radius 1 is 1.05 bits per heavy atom. The van der Waals surface area contributed by atoms with Crippen molar-refractivity contribution in [3.05, 3.63) is 117 Å². The van der Waals surface area contributed by atoms with E-state index in [2.05, 4.69) is 4.98 Å². The monoisotopic (exact) mass is 517 g/mol. The molecule has 1 N–H and O–H groups in total. The minimum Gasteiger partial charge on any atom is -0.475 e. The van der Waals surface area contributed by atoms with Gasteiger partial charge in [0.25, 0.3) is 5.56 Å². The normalized spacial score (nSPS) is 13.4. The van der Waals surface area contributed by atoms with E-state index in [1.54, 1.807) is 18.5 Å². The molecule has 0 fully saturated rings. The van der Waals surface area contributed by atoms with E-state index in [0.717, 1.165) is 33.5 Å². The summed E-state index contributed by atoms with van der Waals surface area (Å²) in [4.78, 5) is 22.2. The molecule has 0 unspecified atom stereocenters. The molecule has 6 nitrogen and oxygen atoms in total. The highest BCUT2D eigenvalue weighted by atomic mass is 35.5. The number of ether oxygens (including phenoxy) is 1. The van der Waals surface area contributed by atoms with E-state index >= 15 is 0 Å². The molecule has 2 aromatic heterocycles. The Morgan fingerprint density at radius 2 is 1.84 bits per heavy atom. The Hall–Kier alpha value is -3.81. The van der Waals surface area contributed by atoms with Gasteiger partial charge in [0.15, 0.2) is 0 Å². The van der Waals surface area contributed by atoms with Crippen molar-refractivity contribution in [2.24, 2.45) is 4.99 Å². The van der Waals surface area contributed by atoms with Crippen LogP contribution in [-0.4, -0.2) is 33.1 Å². The van der Waals surface area contributed by atoms with Crippen LogP contribution in [0.3, 0.4) is 0 Å². The van der Waals surface area contributed by atoms with Crippen LogP contribution in [0.25, 0.3) is 11.1 Å². The maximum absolute atomic E-state index is 14.0. The van der Waals surface area contributed by atoms with Crippen molar-refractivity contribution in [1.29, 1.82) is 0 Å². The second kappa shape index (κ2) is 10.3. The first-order valence-corrected chi connectivity index (χ1v) is 12.3. The first-order chi connectivity index (χ1) is 17.8. The second-order valence-corrected chi connectivity index (χ2v) is 9.53. The Labute approximate surface area is 218 Å². The number of rotatable bonds is 7. The number of halogens is 2. The van der Waals surface area contributed by atoms with E-state index in [1.165, 1.54) is 22.8 Å². The minimum absolute atomic E-state index is 0.0155. The van der Waals surface area contributed by atoms with E-state index in [0.29, 0.717) is 18.0 Å². The van der Waals surface area contributed by atoms with E-state index in [9.17, 15) is 14.3 Å². The standard InChI is InChI=1S/C29H25ClFN3O3/c1-17(2)37-27-8-6-22(15-32-27)29-23-11-18(3-4-21(23)14-33-29)19-9-10-34(28(36)13-19)26(16-35)20-5-7-24(30)25(31)12-20/h3-13,15,17,26,35H,14,16H2,1-2H3/t26-/m1/s1. The molecule has 1 atom stereocenters. The largest absolute Gasteiger partial charge is 0.475 e. The number of aliphatic imine (C=N–C) groups is 1. The average Bonchev–Trinajstić information content (AvgIpc) is 3.31. The van der Waals surface area contributed by atoms with Crippen molar-refractivity contribution in [2.75, 3.05) is 6.61 Å². The van der Waals surface area contributed by atoms with Gasteiger partial charge in [-0.15, -0.1) is 0 Å². The smallest absolute Gasteiger partial charge is 0.251 e. The fourth-order valence-electron chi connectivity index (χ4n) is 4.44. The molecule has 3 heterocycles. The first kappa shape index (κ1) is 24.9. The minimum atomic E-state index is -0.734. The number of benzene rings is 2. The molecule has 0 spiro atoms. The molecule has 188 valence electrons. The van der Waals surface area contributed by atoms with Crippen molar-refractivity contribution >= 4 is 17.3 Å². The molecule has 8 heteroatoms. The summed E-state index contributed by atoms with van der Waals surface area (Å²) in [6, 6.07) is 16.6. The average molecular weight is 518 g/mol. The van der Waals surface area contributed by atoms with Crippen LogP contribution in [0.2, 0.25) is 5.02 Å². The van der Waals surface area contributed by atoms with E-state index in [-0.39, 0.29) is 23.3 Å². The summed E-state index contributed by atoms with van der Waals surface area (Å²) in [5.41, 5.74) is 5.56. The topological polar surface area (TPSA) is 76.7 Å². The van der Waals surface area contributed by atoms with Gasteiger partial charge in [-0.25, -0.2) is 9.37 Å². The number of aliphatic hydroxyl groups excluding tert-OH is 1. The lowest BCUT2D eigenvalue weighted by atomic mass is 9.96. The van der Waals surface area contributed by atoms with Gasteiger partial charge >= 0.3 is 0 Å². The van der Waals surface area contributed by atoms with Crippen LogP contribution in [0.1, 0.15) is 42.1 Å². The van der Waals surface area contributed by atoms with E-state index in [1.807, 2.05) is 50.2 Å². The number of aliphatic hydroxyl groups is 1. The Morgan fingerprint density at radius 3 is 2.51 bits per heavy atom. The van der Waals surface area contributed by atoms with Gasteiger partial charge in [-0.05, 0) is 66.4 Å². The molecule has 5 rings (SSSR count). The third-order valence-electron chi connectivity index (χ3n) is 6.26. The van der Waals surface area contributed by atoms with Crippen molar-refractivity contribution in [3.8, 4) is 17.0 Å².